The zero-order chi connectivity index (χ0) is 9.26. The molecule has 0 saturated carbocycles. The first-order valence-corrected chi connectivity index (χ1v) is 5.56. The number of hydrogen-bond acceptors (Lipinski definition) is 1. The van der Waals surface area contributed by atoms with Crippen LogP contribution in [-0.2, 0) is 0 Å². The van der Waals surface area contributed by atoms with Crippen LogP contribution in [0.3, 0.4) is 0 Å². The molecule has 1 aliphatic rings. The molecule has 1 aliphatic heterocycles. The van der Waals surface area contributed by atoms with Crippen LogP contribution in [0.1, 0.15) is 30.0 Å². The molecule has 2 rings (SSSR count). The SMILES string of the molecule is Cc1ccc(Br)c([C@H]2CCCN2)c1. The van der Waals surface area contributed by atoms with Crippen molar-refractivity contribution in [1.29, 1.82) is 0 Å². The molecule has 0 bridgehead atoms. The molecule has 1 aromatic rings. The van der Waals surface area contributed by atoms with Crippen LogP contribution in [0.4, 0.5) is 0 Å². The van der Waals surface area contributed by atoms with Crippen molar-refractivity contribution >= 4 is 15.9 Å². The van der Waals surface area contributed by atoms with Crippen LogP contribution in [0, 0.1) is 6.92 Å². The molecule has 0 aliphatic carbocycles. The molecule has 0 amide bonds. The predicted molar refractivity (Wildman–Crippen MR) is 58.9 cm³/mol. The number of nitrogens with one attached hydrogen (secondary N) is 1. The third-order valence-corrected chi connectivity index (χ3v) is 3.31. The Kier molecular flexibility index (Phi) is 2.70. The maximum Gasteiger partial charge on any atom is 0.0332 e. The fraction of sp³-hybridized carbons (Fsp3) is 0.455. The van der Waals surface area contributed by atoms with Crippen molar-refractivity contribution in [2.24, 2.45) is 0 Å². The normalized spacial score (nSPS) is 22.2. The molecular formula is C11H14BrN. The average Bonchev–Trinajstić information content (AvgIpc) is 2.61. The highest BCUT2D eigenvalue weighted by Crippen LogP contribution is 2.29. The summed E-state index contributed by atoms with van der Waals surface area (Å²) in [4.78, 5) is 0. The van der Waals surface area contributed by atoms with E-state index in [4.69, 9.17) is 0 Å². The molecule has 1 nitrogen and oxygen atoms in total. The van der Waals surface area contributed by atoms with Crippen LogP contribution in [0.2, 0.25) is 0 Å². The molecule has 2 heteroatoms. The molecule has 1 N–H and O–H groups in total. The van der Waals surface area contributed by atoms with Gasteiger partial charge >= 0.3 is 0 Å². The van der Waals surface area contributed by atoms with E-state index < -0.39 is 0 Å². The molecule has 1 atom stereocenters. The minimum Gasteiger partial charge on any atom is -0.310 e. The van der Waals surface area contributed by atoms with Crippen molar-refractivity contribution in [3.05, 3.63) is 33.8 Å². The Hall–Kier alpha value is -0.340. The third-order valence-electron chi connectivity index (χ3n) is 2.59. The van der Waals surface area contributed by atoms with Crippen molar-refractivity contribution in [1.82, 2.24) is 5.32 Å². The van der Waals surface area contributed by atoms with Crippen LogP contribution in [0.15, 0.2) is 22.7 Å². The second-order valence-electron chi connectivity index (χ2n) is 3.67. The van der Waals surface area contributed by atoms with Crippen molar-refractivity contribution in [2.45, 2.75) is 25.8 Å². The lowest BCUT2D eigenvalue weighted by molar-refractivity contribution is 0.644. The molecular weight excluding hydrogens is 226 g/mol. The van der Waals surface area contributed by atoms with Crippen LogP contribution in [0.25, 0.3) is 0 Å². The summed E-state index contributed by atoms with van der Waals surface area (Å²) in [7, 11) is 0. The standard InChI is InChI=1S/C11H14BrN/c1-8-4-5-10(12)9(7-8)11-3-2-6-13-11/h4-5,7,11,13H,2-3,6H2,1H3/t11-/m1/s1. The summed E-state index contributed by atoms with van der Waals surface area (Å²) in [6, 6.07) is 7.12. The summed E-state index contributed by atoms with van der Waals surface area (Å²) in [5.41, 5.74) is 2.75. The first-order valence-electron chi connectivity index (χ1n) is 4.77. The Morgan fingerprint density at radius 1 is 1.46 bits per heavy atom. The summed E-state index contributed by atoms with van der Waals surface area (Å²) >= 11 is 3.60. The van der Waals surface area contributed by atoms with E-state index in [2.05, 4.69) is 46.4 Å². The first kappa shape index (κ1) is 9.22. The Morgan fingerprint density at radius 3 is 3.00 bits per heavy atom. The number of rotatable bonds is 1. The van der Waals surface area contributed by atoms with Crippen LogP contribution in [-0.4, -0.2) is 6.54 Å². The number of benzene rings is 1. The summed E-state index contributed by atoms with van der Waals surface area (Å²) in [5, 5.41) is 3.51. The van der Waals surface area contributed by atoms with Crippen molar-refractivity contribution in [2.75, 3.05) is 6.54 Å². The lowest BCUT2D eigenvalue weighted by Crippen LogP contribution is -2.13. The van der Waals surface area contributed by atoms with Crippen molar-refractivity contribution < 1.29 is 0 Å². The highest BCUT2D eigenvalue weighted by molar-refractivity contribution is 9.10. The predicted octanol–water partition coefficient (Wildman–Crippen LogP) is 3.18. The minimum atomic E-state index is 0.564. The smallest absolute Gasteiger partial charge is 0.0332 e. The quantitative estimate of drug-likeness (QED) is 0.794. The van der Waals surface area contributed by atoms with Gasteiger partial charge in [-0.05, 0) is 37.9 Å². The second-order valence-corrected chi connectivity index (χ2v) is 4.53. The molecule has 1 heterocycles. The van der Waals surface area contributed by atoms with Crippen molar-refractivity contribution in [3.63, 3.8) is 0 Å². The summed E-state index contributed by atoms with van der Waals surface area (Å²) in [5.74, 6) is 0. The largest absolute Gasteiger partial charge is 0.310 e. The van der Waals surface area contributed by atoms with E-state index in [0.717, 1.165) is 6.54 Å². The fourth-order valence-electron chi connectivity index (χ4n) is 1.88. The zero-order valence-electron chi connectivity index (χ0n) is 7.81. The number of halogens is 1. The maximum atomic E-state index is 3.60. The molecule has 1 fully saturated rings. The first-order chi connectivity index (χ1) is 6.27. The summed E-state index contributed by atoms with van der Waals surface area (Å²) in [6.45, 7) is 3.30. The molecule has 0 aromatic heterocycles. The van der Waals surface area contributed by atoms with Crippen LogP contribution >= 0.6 is 15.9 Å². The lowest BCUT2D eigenvalue weighted by atomic mass is 10.0. The van der Waals surface area contributed by atoms with Gasteiger partial charge in [0, 0.05) is 10.5 Å². The molecule has 0 radical (unpaired) electrons. The molecule has 13 heavy (non-hydrogen) atoms. The third kappa shape index (κ3) is 1.94. The van der Waals surface area contributed by atoms with Crippen LogP contribution in [0.5, 0.6) is 0 Å². The highest BCUT2D eigenvalue weighted by atomic mass is 79.9. The Balaban J connectivity index is 2.32. The summed E-state index contributed by atoms with van der Waals surface area (Å²) < 4.78 is 1.23. The van der Waals surface area contributed by atoms with E-state index in [9.17, 15) is 0 Å². The monoisotopic (exact) mass is 239 g/mol. The van der Waals surface area contributed by atoms with Gasteiger partial charge in [0.05, 0.1) is 0 Å². The average molecular weight is 240 g/mol. The van der Waals surface area contributed by atoms with E-state index in [1.807, 2.05) is 0 Å². The Morgan fingerprint density at radius 2 is 2.31 bits per heavy atom. The van der Waals surface area contributed by atoms with Gasteiger partial charge in [-0.2, -0.15) is 0 Å². The van der Waals surface area contributed by atoms with Gasteiger partial charge in [-0.15, -0.1) is 0 Å². The van der Waals surface area contributed by atoms with Crippen molar-refractivity contribution in [3.8, 4) is 0 Å². The van der Waals surface area contributed by atoms with Gasteiger partial charge in [0.15, 0.2) is 0 Å². The number of aryl methyl sites for hydroxylation is 1. The lowest BCUT2D eigenvalue weighted by Gasteiger charge is -2.13. The van der Waals surface area contributed by atoms with Gasteiger partial charge in [-0.25, -0.2) is 0 Å². The molecule has 1 saturated heterocycles. The van der Waals surface area contributed by atoms with Crippen LogP contribution < -0.4 is 5.32 Å². The van der Waals surface area contributed by atoms with E-state index in [1.165, 1.54) is 28.4 Å². The zero-order valence-corrected chi connectivity index (χ0v) is 9.39. The van der Waals surface area contributed by atoms with E-state index in [0.29, 0.717) is 6.04 Å². The highest BCUT2D eigenvalue weighted by Gasteiger charge is 2.18. The Labute approximate surface area is 87.7 Å². The van der Waals surface area contributed by atoms with Gasteiger partial charge in [-0.3, -0.25) is 0 Å². The maximum absolute atomic E-state index is 3.60. The Bertz CT molecular complexity index is 303. The summed E-state index contributed by atoms with van der Waals surface area (Å²) in [6.07, 6.45) is 2.56. The van der Waals surface area contributed by atoms with E-state index in [1.54, 1.807) is 0 Å². The number of hydrogen-bond donors (Lipinski definition) is 1. The van der Waals surface area contributed by atoms with Gasteiger partial charge in [0.2, 0.25) is 0 Å². The molecule has 0 unspecified atom stereocenters. The fourth-order valence-corrected chi connectivity index (χ4v) is 2.40. The van der Waals surface area contributed by atoms with E-state index >= 15 is 0 Å². The minimum absolute atomic E-state index is 0.564. The van der Waals surface area contributed by atoms with Gasteiger partial charge < -0.3 is 5.32 Å². The van der Waals surface area contributed by atoms with Gasteiger partial charge in [0.1, 0.15) is 0 Å². The van der Waals surface area contributed by atoms with E-state index in [-0.39, 0.29) is 0 Å². The molecule has 1 aromatic carbocycles. The second kappa shape index (κ2) is 3.81. The topological polar surface area (TPSA) is 12.0 Å². The molecule has 0 spiro atoms. The molecule has 70 valence electrons. The van der Waals surface area contributed by atoms with Gasteiger partial charge in [0.25, 0.3) is 0 Å². The van der Waals surface area contributed by atoms with Gasteiger partial charge in [-0.1, -0.05) is 33.6 Å².